The number of benzene rings is 1. The van der Waals surface area contributed by atoms with Gasteiger partial charge >= 0.3 is 0 Å². The zero-order valence-electron chi connectivity index (χ0n) is 20.7. The number of fused-ring (bicyclic) bond motifs is 1. The summed E-state index contributed by atoms with van der Waals surface area (Å²) >= 11 is 5.67. The Kier molecular flexibility index (Phi) is 11.0. The fourth-order valence-electron chi connectivity index (χ4n) is 3.64. The van der Waals surface area contributed by atoms with Crippen molar-refractivity contribution in [2.45, 2.75) is 46.1 Å². The third-order valence-electron chi connectivity index (χ3n) is 5.27. The van der Waals surface area contributed by atoms with Crippen LogP contribution in [-0.4, -0.2) is 60.6 Å². The second kappa shape index (κ2) is 13.7. The van der Waals surface area contributed by atoms with Gasteiger partial charge in [0, 0.05) is 23.4 Å². The van der Waals surface area contributed by atoms with Crippen LogP contribution < -0.4 is 20.7 Å². The molecule has 0 aliphatic carbocycles. The molecule has 9 nitrogen and oxygen atoms in total. The first kappa shape index (κ1) is 28.2. The van der Waals surface area contributed by atoms with E-state index < -0.39 is 17.9 Å². The average molecular weight is 507 g/mol. The highest BCUT2D eigenvalue weighted by atomic mass is 35.5. The van der Waals surface area contributed by atoms with Crippen molar-refractivity contribution in [1.29, 1.82) is 0 Å². The molecule has 10 heteroatoms. The second-order valence-electron chi connectivity index (χ2n) is 9.11. The van der Waals surface area contributed by atoms with Crippen molar-refractivity contribution in [3.8, 4) is 5.75 Å². The molecular weight excluding hydrogens is 472 g/mol. The molecule has 1 aromatic carbocycles. The van der Waals surface area contributed by atoms with E-state index in [1.807, 2.05) is 6.07 Å². The summed E-state index contributed by atoms with van der Waals surface area (Å²) in [7, 11) is 1.54. The number of alkyl halides is 1. The van der Waals surface area contributed by atoms with E-state index in [1.54, 1.807) is 25.3 Å². The van der Waals surface area contributed by atoms with Crippen LogP contribution in [0.5, 0.6) is 5.75 Å². The van der Waals surface area contributed by atoms with Crippen molar-refractivity contribution in [2.24, 2.45) is 11.8 Å². The Morgan fingerprint density at radius 3 is 2.57 bits per heavy atom. The highest BCUT2D eigenvalue weighted by Gasteiger charge is 2.29. The number of methoxy groups -OCH3 is 1. The number of halogens is 1. The molecule has 3 rings (SSSR count). The number of piperidine rings is 1. The summed E-state index contributed by atoms with van der Waals surface area (Å²) in [6, 6.07) is 6.15. The first-order chi connectivity index (χ1) is 16.7. The van der Waals surface area contributed by atoms with Crippen molar-refractivity contribution in [2.75, 3.05) is 26.1 Å². The molecule has 0 bridgehead atoms. The number of ether oxygens (including phenoxy) is 1. The zero-order chi connectivity index (χ0) is 26.0. The summed E-state index contributed by atoms with van der Waals surface area (Å²) in [5.74, 6) is -0.690. The third-order valence-corrected chi connectivity index (χ3v) is 5.54. The monoisotopic (exact) mass is 506 g/mol. The lowest BCUT2D eigenvalue weighted by molar-refractivity contribution is -0.130. The Labute approximate surface area is 210 Å². The van der Waals surface area contributed by atoms with Crippen LogP contribution in [0, 0.1) is 11.8 Å². The number of hydrogen-bond donors (Lipinski definition) is 4. The Morgan fingerprint density at radius 1 is 1.23 bits per heavy atom. The van der Waals surface area contributed by atoms with E-state index in [-0.39, 0.29) is 42.1 Å². The lowest BCUT2D eigenvalue weighted by Gasteiger charge is -2.26. The number of carbonyl (C=O) groups is 4. The molecule has 4 N–H and O–H groups in total. The van der Waals surface area contributed by atoms with Gasteiger partial charge in [-0.15, -0.1) is 11.6 Å². The molecule has 0 spiro atoms. The Hall–Kier alpha value is -3.07. The van der Waals surface area contributed by atoms with Gasteiger partial charge in [0.25, 0.3) is 5.91 Å². The molecule has 1 unspecified atom stereocenters. The summed E-state index contributed by atoms with van der Waals surface area (Å²) in [6.45, 7) is 6.79. The number of H-pyrrole nitrogens is 1. The first-order valence-electron chi connectivity index (χ1n) is 11.8. The number of nitrogens with one attached hydrogen (secondary N) is 4. The molecule has 0 radical (unpaired) electrons. The molecule has 2 atom stereocenters. The molecule has 2 heterocycles. The number of carbonyl (C=O) groups excluding carboxylic acids is 4. The van der Waals surface area contributed by atoms with Gasteiger partial charge in [-0.05, 0) is 43.4 Å². The van der Waals surface area contributed by atoms with Crippen LogP contribution in [0.25, 0.3) is 10.9 Å². The van der Waals surface area contributed by atoms with E-state index in [2.05, 4.69) is 41.7 Å². The predicted octanol–water partition coefficient (Wildman–Crippen LogP) is 2.78. The minimum Gasteiger partial charge on any atom is -0.496 e. The van der Waals surface area contributed by atoms with Gasteiger partial charge in [0.15, 0.2) is 5.78 Å². The second-order valence-corrected chi connectivity index (χ2v) is 9.37. The summed E-state index contributed by atoms with van der Waals surface area (Å²) < 4.78 is 5.28. The van der Waals surface area contributed by atoms with Crippen LogP contribution in [0.3, 0.4) is 0 Å². The highest BCUT2D eigenvalue weighted by Crippen LogP contribution is 2.25. The normalized spacial score (nSPS) is 16.1. The van der Waals surface area contributed by atoms with Crippen molar-refractivity contribution < 1.29 is 23.9 Å². The summed E-state index contributed by atoms with van der Waals surface area (Å²) in [4.78, 5) is 51.9. The molecule has 1 aliphatic heterocycles. The smallest absolute Gasteiger partial charge is 0.268 e. The average Bonchev–Trinajstić information content (AvgIpc) is 3.27. The molecular formula is C25H35ClN4O5. The number of hydrogen-bond acceptors (Lipinski definition) is 5. The number of aromatic amines is 1. The quantitative estimate of drug-likeness (QED) is 0.389. The van der Waals surface area contributed by atoms with Crippen molar-refractivity contribution in [3.63, 3.8) is 0 Å². The molecule has 35 heavy (non-hydrogen) atoms. The number of Topliss-reactive ketones (excluding diaryl/α,β-unsaturated/α-hetero) is 1. The van der Waals surface area contributed by atoms with E-state index in [4.69, 9.17) is 16.3 Å². The lowest BCUT2D eigenvalue weighted by Crippen LogP contribution is -2.48. The van der Waals surface area contributed by atoms with Gasteiger partial charge in [-0.3, -0.25) is 19.2 Å². The molecule has 2 aromatic rings. The zero-order valence-corrected chi connectivity index (χ0v) is 21.5. The predicted molar refractivity (Wildman–Crippen MR) is 136 cm³/mol. The van der Waals surface area contributed by atoms with Gasteiger partial charge in [0.05, 0.1) is 25.6 Å². The number of aromatic nitrogens is 1. The summed E-state index contributed by atoms with van der Waals surface area (Å²) in [5, 5.41) is 8.62. The van der Waals surface area contributed by atoms with Crippen molar-refractivity contribution >= 4 is 46.0 Å². The van der Waals surface area contributed by atoms with E-state index >= 15 is 0 Å². The molecule has 3 amide bonds. The number of rotatable bonds is 9. The highest BCUT2D eigenvalue weighted by molar-refractivity contribution is 6.28. The molecule has 0 saturated carbocycles. The van der Waals surface area contributed by atoms with Gasteiger partial charge in [-0.2, -0.15) is 0 Å². The maximum Gasteiger partial charge on any atom is 0.268 e. The van der Waals surface area contributed by atoms with Gasteiger partial charge in [-0.25, -0.2) is 0 Å². The van der Waals surface area contributed by atoms with E-state index in [1.165, 1.54) is 0 Å². The molecule has 1 fully saturated rings. The van der Waals surface area contributed by atoms with Crippen LogP contribution in [0.15, 0.2) is 24.3 Å². The molecule has 1 aromatic heterocycles. The van der Waals surface area contributed by atoms with E-state index in [9.17, 15) is 19.2 Å². The number of amides is 3. The summed E-state index contributed by atoms with van der Waals surface area (Å²) in [6.07, 6.45) is 1.64. The van der Waals surface area contributed by atoms with Gasteiger partial charge in [-0.1, -0.05) is 26.8 Å². The Morgan fingerprint density at radius 2 is 1.94 bits per heavy atom. The van der Waals surface area contributed by atoms with Crippen LogP contribution in [0.2, 0.25) is 0 Å². The Balaban J connectivity index is 0.00000100. The Bertz CT molecular complexity index is 1030. The largest absolute Gasteiger partial charge is 0.496 e. The molecule has 192 valence electrons. The van der Waals surface area contributed by atoms with Crippen LogP contribution in [0.1, 0.15) is 50.5 Å². The SMILES string of the molecule is CC(C)C.COc1cccc2[nH]c(C(=O)NCC(=O)NC(C[C@@H]3CCCNC3=O)C(=O)CCl)cc12. The van der Waals surface area contributed by atoms with Gasteiger partial charge in [0.1, 0.15) is 11.4 Å². The summed E-state index contributed by atoms with van der Waals surface area (Å²) in [5.41, 5.74) is 1.01. The molecule has 1 saturated heterocycles. The van der Waals surface area contributed by atoms with Crippen LogP contribution in [-0.2, 0) is 14.4 Å². The minimum atomic E-state index is -0.881. The van der Waals surface area contributed by atoms with Crippen molar-refractivity contribution in [3.05, 3.63) is 30.0 Å². The topological polar surface area (TPSA) is 129 Å². The first-order valence-corrected chi connectivity index (χ1v) is 12.3. The minimum absolute atomic E-state index is 0.129. The standard InChI is InChI=1S/C21H25ClN4O5.C4H10/c1-31-18-6-2-5-14-13(18)9-16(25-14)21(30)24-11-19(28)26-15(17(27)10-22)8-12-4-3-7-23-20(12)29;1-4(2)3/h2,5-6,9,12,15,25H,3-4,7-8,10-11H2,1H3,(H,23,29)(H,24,30)(H,26,28);4H,1-3H3/t12-,15?;/m0./s1. The maximum absolute atomic E-state index is 12.4. The number of ketones is 1. The molecule has 1 aliphatic rings. The fraction of sp³-hybridized carbons (Fsp3) is 0.520. The van der Waals surface area contributed by atoms with Crippen molar-refractivity contribution in [1.82, 2.24) is 20.9 Å². The van der Waals surface area contributed by atoms with Gasteiger partial charge < -0.3 is 25.7 Å². The van der Waals surface area contributed by atoms with Gasteiger partial charge in [0.2, 0.25) is 11.8 Å². The lowest BCUT2D eigenvalue weighted by atomic mass is 9.90. The van der Waals surface area contributed by atoms with Crippen LogP contribution in [0.4, 0.5) is 0 Å². The van der Waals surface area contributed by atoms with E-state index in [0.29, 0.717) is 18.7 Å². The fourth-order valence-corrected chi connectivity index (χ4v) is 3.82. The van der Waals surface area contributed by atoms with E-state index in [0.717, 1.165) is 23.2 Å². The third kappa shape index (κ3) is 8.58. The maximum atomic E-state index is 12.4. The van der Waals surface area contributed by atoms with Crippen LogP contribution >= 0.6 is 11.6 Å².